The molecule has 2 bridgehead atoms. The number of aromatic nitrogens is 5. The third-order valence-electron chi connectivity index (χ3n) is 8.80. The molecule has 12 nitrogen and oxygen atoms in total. The second-order valence-electron chi connectivity index (χ2n) is 12.4. The van der Waals surface area contributed by atoms with Crippen molar-refractivity contribution < 1.29 is 14.3 Å². The molecule has 6 heterocycles. The summed E-state index contributed by atoms with van der Waals surface area (Å²) in [5.74, 6) is 2.69. The topological polar surface area (TPSA) is 111 Å². The Morgan fingerprint density at radius 1 is 1.00 bits per heavy atom. The van der Waals surface area contributed by atoms with Crippen LogP contribution >= 0.6 is 0 Å². The molecule has 0 saturated carbocycles. The number of amides is 1. The molecule has 45 heavy (non-hydrogen) atoms. The molecular weight excluding hydrogens is 572 g/mol. The van der Waals surface area contributed by atoms with E-state index >= 15 is 0 Å². The first-order valence-corrected chi connectivity index (χ1v) is 15.5. The van der Waals surface area contributed by atoms with Crippen LogP contribution in [0.15, 0.2) is 53.5 Å². The average molecular weight is 611 g/mol. The average Bonchev–Trinajstić information content (AvgIpc) is 3.30. The second-order valence-corrected chi connectivity index (χ2v) is 12.4. The first-order valence-electron chi connectivity index (χ1n) is 15.5. The summed E-state index contributed by atoms with van der Waals surface area (Å²) in [6.07, 6.45) is 7.60. The zero-order valence-electron chi connectivity index (χ0n) is 26.2. The van der Waals surface area contributed by atoms with Gasteiger partial charge in [0.1, 0.15) is 17.0 Å². The number of nitrogens with zero attached hydrogens (tertiary/aromatic N) is 8. The number of piperazine rings is 1. The van der Waals surface area contributed by atoms with E-state index in [0.717, 1.165) is 56.0 Å². The minimum absolute atomic E-state index is 0.144. The number of fused-ring (bicyclic) bond motifs is 5. The van der Waals surface area contributed by atoms with Gasteiger partial charge < -0.3 is 19.3 Å². The van der Waals surface area contributed by atoms with Crippen LogP contribution in [0.4, 0.5) is 11.5 Å². The molecular formula is C33H38N8O4. The van der Waals surface area contributed by atoms with Gasteiger partial charge in [-0.25, -0.2) is 24.3 Å². The zero-order chi connectivity index (χ0) is 31.3. The predicted molar refractivity (Wildman–Crippen MR) is 172 cm³/mol. The Labute approximate surface area is 261 Å². The molecule has 0 radical (unpaired) electrons. The minimum atomic E-state index is -1.00. The molecule has 3 aromatic heterocycles. The number of likely N-dealkylation sites (N-methyl/N-ethyl adjacent to an activating group) is 1. The Balaban J connectivity index is 1.29. The summed E-state index contributed by atoms with van der Waals surface area (Å²) in [4.78, 5) is 47.8. The maximum Gasteiger partial charge on any atom is 0.278 e. The fourth-order valence-electron chi connectivity index (χ4n) is 6.29. The van der Waals surface area contributed by atoms with E-state index in [0.29, 0.717) is 53.8 Å². The highest BCUT2D eigenvalue weighted by atomic mass is 16.5. The van der Waals surface area contributed by atoms with Crippen LogP contribution in [-0.4, -0.2) is 87.6 Å². The fraction of sp³-hybridized carbons (Fsp3) is 0.424. The van der Waals surface area contributed by atoms with Crippen molar-refractivity contribution in [2.75, 3.05) is 56.7 Å². The zero-order valence-corrected chi connectivity index (χ0v) is 26.2. The van der Waals surface area contributed by atoms with Gasteiger partial charge in [-0.15, -0.1) is 0 Å². The summed E-state index contributed by atoms with van der Waals surface area (Å²) < 4.78 is 15.2. The number of pyridine rings is 1. The molecule has 0 atom stereocenters. The maximum absolute atomic E-state index is 13.7. The first kappa shape index (κ1) is 29.0. The molecule has 7 rings (SSSR count). The van der Waals surface area contributed by atoms with E-state index in [1.54, 1.807) is 47.5 Å². The Hall–Kier alpha value is -4.71. The number of carbonyl (C=O) groups is 1. The molecule has 0 unspecified atom stereocenters. The number of allylic oxidation sites excluding steroid dienone is 2. The molecule has 1 amide bonds. The highest BCUT2D eigenvalue weighted by Gasteiger charge is 2.42. The Morgan fingerprint density at radius 2 is 1.82 bits per heavy atom. The van der Waals surface area contributed by atoms with Gasteiger partial charge in [0.25, 0.3) is 11.5 Å². The van der Waals surface area contributed by atoms with Crippen LogP contribution < -0.4 is 24.8 Å². The van der Waals surface area contributed by atoms with Crippen LogP contribution in [0.2, 0.25) is 0 Å². The van der Waals surface area contributed by atoms with Crippen LogP contribution in [0.5, 0.6) is 11.5 Å². The van der Waals surface area contributed by atoms with Crippen molar-refractivity contribution in [2.24, 2.45) is 0 Å². The number of ether oxygens (including phenoxy) is 2. The van der Waals surface area contributed by atoms with E-state index in [4.69, 9.17) is 19.4 Å². The van der Waals surface area contributed by atoms with Crippen LogP contribution in [-0.2, 0) is 17.8 Å². The van der Waals surface area contributed by atoms with E-state index in [1.807, 2.05) is 24.3 Å². The van der Waals surface area contributed by atoms with Crippen LogP contribution in [0.25, 0.3) is 16.9 Å². The van der Waals surface area contributed by atoms with Crippen molar-refractivity contribution in [3.8, 4) is 17.3 Å². The molecule has 4 aromatic rings. The Kier molecular flexibility index (Phi) is 7.31. The number of carbonyl (C=O) groups excluding carboxylic acids is 1. The van der Waals surface area contributed by atoms with Gasteiger partial charge in [0.15, 0.2) is 28.6 Å². The van der Waals surface area contributed by atoms with Crippen LogP contribution in [0.1, 0.15) is 38.1 Å². The molecule has 1 aromatic carbocycles. The molecule has 0 N–H and O–H groups in total. The predicted octanol–water partition coefficient (Wildman–Crippen LogP) is 3.18. The van der Waals surface area contributed by atoms with E-state index in [-0.39, 0.29) is 11.5 Å². The van der Waals surface area contributed by atoms with Crippen LogP contribution in [0, 0.1) is 0 Å². The minimum Gasteiger partial charge on any atom is -0.495 e. The number of rotatable bonds is 4. The van der Waals surface area contributed by atoms with Gasteiger partial charge in [-0.05, 0) is 63.6 Å². The molecule has 1 saturated heterocycles. The molecule has 1 fully saturated rings. The Bertz CT molecular complexity index is 1870. The number of benzene rings is 1. The highest BCUT2D eigenvalue weighted by Crippen LogP contribution is 2.37. The lowest BCUT2D eigenvalue weighted by atomic mass is 10.0. The SMILES string of the molecule is COc1cc(Cc2ncc3c(=O)n4n(c3n2)-c2ccc3c(n2)N(CCC/C=C\C4)C(=O)C(C)(C)O3)ccc1N1CCN(C)CC1. The van der Waals surface area contributed by atoms with E-state index < -0.39 is 5.60 Å². The summed E-state index contributed by atoms with van der Waals surface area (Å²) in [6, 6.07) is 9.85. The third kappa shape index (κ3) is 5.22. The molecule has 0 aliphatic carbocycles. The summed E-state index contributed by atoms with van der Waals surface area (Å²) in [7, 11) is 3.84. The summed E-state index contributed by atoms with van der Waals surface area (Å²) in [5.41, 5.74) is 1.33. The third-order valence-corrected chi connectivity index (χ3v) is 8.80. The molecule has 3 aliphatic rings. The number of anilines is 2. The van der Waals surface area contributed by atoms with Gasteiger partial charge in [0.05, 0.1) is 19.3 Å². The Morgan fingerprint density at radius 3 is 2.62 bits per heavy atom. The van der Waals surface area contributed by atoms with Gasteiger partial charge >= 0.3 is 0 Å². The molecule has 0 spiro atoms. The number of hydrogen-bond donors (Lipinski definition) is 0. The van der Waals surface area contributed by atoms with Gasteiger partial charge in [-0.1, -0.05) is 18.2 Å². The summed E-state index contributed by atoms with van der Waals surface area (Å²) in [5, 5.41) is 0.398. The van der Waals surface area contributed by atoms with E-state index in [1.165, 1.54) is 0 Å². The fourth-order valence-corrected chi connectivity index (χ4v) is 6.29. The summed E-state index contributed by atoms with van der Waals surface area (Å²) >= 11 is 0. The maximum atomic E-state index is 13.7. The van der Waals surface area contributed by atoms with Crippen molar-refractivity contribution in [3.05, 3.63) is 70.4 Å². The van der Waals surface area contributed by atoms with Gasteiger partial charge in [0.2, 0.25) is 0 Å². The lowest BCUT2D eigenvalue weighted by Crippen LogP contribution is -2.53. The lowest BCUT2D eigenvalue weighted by Gasteiger charge is -2.38. The largest absolute Gasteiger partial charge is 0.495 e. The molecule has 12 heteroatoms. The van der Waals surface area contributed by atoms with Crippen molar-refractivity contribution in [1.29, 1.82) is 0 Å². The number of methoxy groups -OCH3 is 1. The molecule has 234 valence electrons. The highest BCUT2D eigenvalue weighted by molar-refractivity contribution is 6.01. The lowest BCUT2D eigenvalue weighted by molar-refractivity contribution is -0.132. The standard InChI is InChI=1S/C33H38N8O4/c1-33(2)32(43)39-13-7-5-6-8-14-40-31(42)23-21-34-27(35-29(23)41(40)28-12-11-25(45-33)30(39)36-28)20-22-9-10-24(26(19-22)44-4)38-17-15-37(3)16-18-38/h6,8-12,19,21H,5,7,13-18,20H2,1-4H3/b8-6-. The van der Waals surface area contributed by atoms with E-state index in [2.05, 4.69) is 34.0 Å². The van der Waals surface area contributed by atoms with Gasteiger partial charge in [0, 0.05) is 45.3 Å². The molecule has 3 aliphatic heterocycles. The smallest absolute Gasteiger partial charge is 0.278 e. The first-order chi connectivity index (χ1) is 21.7. The monoisotopic (exact) mass is 610 g/mol. The van der Waals surface area contributed by atoms with Crippen LogP contribution in [0.3, 0.4) is 0 Å². The van der Waals surface area contributed by atoms with Gasteiger partial charge in [-0.3, -0.25) is 14.5 Å². The summed E-state index contributed by atoms with van der Waals surface area (Å²) in [6.45, 7) is 8.32. The quantitative estimate of drug-likeness (QED) is 0.322. The van der Waals surface area contributed by atoms with Crippen molar-refractivity contribution >= 4 is 28.4 Å². The van der Waals surface area contributed by atoms with Crippen molar-refractivity contribution in [1.82, 2.24) is 29.2 Å². The van der Waals surface area contributed by atoms with Crippen molar-refractivity contribution in [2.45, 2.75) is 45.3 Å². The second kappa shape index (κ2) is 11.3. The number of hydrogen-bond acceptors (Lipinski definition) is 9. The normalized spacial score (nSPS) is 19.0. The van der Waals surface area contributed by atoms with Gasteiger partial charge in [-0.2, -0.15) is 0 Å². The van der Waals surface area contributed by atoms with E-state index in [9.17, 15) is 9.59 Å². The van der Waals surface area contributed by atoms with Crippen molar-refractivity contribution in [3.63, 3.8) is 0 Å².